The van der Waals surface area contributed by atoms with E-state index in [4.69, 9.17) is 28.7 Å². The molecule has 2 heterocycles. The maximum Gasteiger partial charge on any atom is 0.338 e. The first-order valence-electron chi connectivity index (χ1n) is 13.2. The summed E-state index contributed by atoms with van der Waals surface area (Å²) < 4.78 is 29.7. The quantitative estimate of drug-likeness (QED) is 0.274. The van der Waals surface area contributed by atoms with Crippen molar-refractivity contribution in [2.75, 3.05) is 35.0 Å². The number of benzene rings is 3. The van der Waals surface area contributed by atoms with Crippen molar-refractivity contribution in [3.8, 4) is 23.0 Å². The van der Waals surface area contributed by atoms with Gasteiger partial charge in [-0.2, -0.15) is 0 Å². The first-order chi connectivity index (χ1) is 20.4. The molecule has 0 saturated carbocycles. The molecule has 10 heteroatoms. The van der Waals surface area contributed by atoms with Crippen LogP contribution in [-0.4, -0.2) is 45.6 Å². The normalized spacial score (nSPS) is 14.6. The Morgan fingerprint density at radius 2 is 1.69 bits per heavy atom. The van der Waals surface area contributed by atoms with Gasteiger partial charge in [0.25, 0.3) is 5.56 Å². The fourth-order valence-electron chi connectivity index (χ4n) is 4.96. The third-order valence-electron chi connectivity index (χ3n) is 6.83. The van der Waals surface area contributed by atoms with Crippen molar-refractivity contribution in [2.45, 2.75) is 13.0 Å². The Morgan fingerprint density at radius 3 is 2.36 bits per heavy atom. The fourth-order valence-corrected chi connectivity index (χ4v) is 5.95. The van der Waals surface area contributed by atoms with Crippen molar-refractivity contribution >= 4 is 29.1 Å². The number of nitrogens with zero attached hydrogens (tertiary/aromatic N) is 2. The number of rotatable bonds is 9. The molecule has 3 aromatic carbocycles. The van der Waals surface area contributed by atoms with Crippen molar-refractivity contribution in [1.29, 1.82) is 0 Å². The van der Waals surface area contributed by atoms with Crippen molar-refractivity contribution in [2.24, 2.45) is 4.99 Å². The van der Waals surface area contributed by atoms with Crippen LogP contribution in [0, 0.1) is 0 Å². The lowest BCUT2D eigenvalue weighted by molar-refractivity contribution is -0.138. The summed E-state index contributed by atoms with van der Waals surface area (Å²) in [4.78, 5) is 33.3. The van der Waals surface area contributed by atoms with Gasteiger partial charge in [0.1, 0.15) is 17.5 Å². The van der Waals surface area contributed by atoms with Crippen LogP contribution in [0.3, 0.4) is 0 Å². The molecule has 0 bridgehead atoms. The molecule has 9 nitrogen and oxygen atoms in total. The third-order valence-corrected chi connectivity index (χ3v) is 7.81. The number of carbonyl (C=O) groups excluding carboxylic acids is 1. The molecule has 1 atom stereocenters. The van der Waals surface area contributed by atoms with E-state index in [2.05, 4.69) is 0 Å². The second kappa shape index (κ2) is 12.4. The van der Waals surface area contributed by atoms with Gasteiger partial charge in [-0.05, 0) is 37.3 Å². The summed E-state index contributed by atoms with van der Waals surface area (Å²) in [5.74, 6) is 1.46. The smallest absolute Gasteiger partial charge is 0.338 e. The van der Waals surface area contributed by atoms with Gasteiger partial charge in [0.05, 0.1) is 50.8 Å². The molecule has 216 valence electrons. The number of esters is 1. The molecule has 4 aromatic rings. The lowest BCUT2D eigenvalue weighted by Gasteiger charge is -2.27. The van der Waals surface area contributed by atoms with Gasteiger partial charge in [0, 0.05) is 16.7 Å². The van der Waals surface area contributed by atoms with Crippen LogP contribution in [0.15, 0.2) is 82.1 Å². The maximum absolute atomic E-state index is 14.2. The number of hydrogen-bond donors (Lipinski definition) is 0. The van der Waals surface area contributed by atoms with E-state index in [-0.39, 0.29) is 17.7 Å². The highest BCUT2D eigenvalue weighted by Gasteiger charge is 2.37. The number of fused-ring (bicyclic) bond motifs is 1. The maximum atomic E-state index is 14.2. The number of methoxy groups -OCH3 is 4. The van der Waals surface area contributed by atoms with Gasteiger partial charge in [-0.1, -0.05) is 53.8 Å². The molecule has 0 saturated heterocycles. The number of aromatic nitrogens is 1. The van der Waals surface area contributed by atoms with E-state index in [0.29, 0.717) is 54.7 Å². The molecule has 1 unspecified atom stereocenters. The van der Waals surface area contributed by atoms with E-state index >= 15 is 0 Å². The van der Waals surface area contributed by atoms with Crippen LogP contribution in [0.25, 0.3) is 11.8 Å². The molecular formula is C32H30N2O7S. The number of hydrogen-bond acceptors (Lipinski definition) is 9. The highest BCUT2D eigenvalue weighted by molar-refractivity contribution is 7.07. The summed E-state index contributed by atoms with van der Waals surface area (Å²) in [6.45, 7) is 1.88. The predicted octanol–water partition coefficient (Wildman–Crippen LogP) is 3.97. The minimum Gasteiger partial charge on any atom is -0.497 e. The van der Waals surface area contributed by atoms with Crippen LogP contribution in [-0.2, 0) is 9.53 Å². The Labute approximate surface area is 246 Å². The predicted molar refractivity (Wildman–Crippen MR) is 160 cm³/mol. The molecule has 0 amide bonds. The average Bonchev–Trinajstić information content (AvgIpc) is 3.34. The minimum absolute atomic E-state index is 0.145. The van der Waals surface area contributed by atoms with Crippen molar-refractivity contribution in [3.05, 3.63) is 109 Å². The molecular weight excluding hydrogens is 556 g/mol. The van der Waals surface area contributed by atoms with E-state index in [9.17, 15) is 9.59 Å². The Kier molecular flexibility index (Phi) is 8.44. The van der Waals surface area contributed by atoms with Crippen LogP contribution >= 0.6 is 11.3 Å². The highest BCUT2D eigenvalue weighted by Crippen LogP contribution is 2.42. The SMILES string of the molecule is CCOC(=O)C1=C(c2ccccc2)N=c2sc(=Cc3cc(OC)ccc3OC)c(=O)n2C1c1cccc(OC)c1OC. The Balaban J connectivity index is 1.88. The van der Waals surface area contributed by atoms with E-state index < -0.39 is 12.0 Å². The van der Waals surface area contributed by atoms with Crippen molar-refractivity contribution in [3.63, 3.8) is 0 Å². The number of para-hydroxylation sites is 1. The molecule has 42 heavy (non-hydrogen) atoms. The van der Waals surface area contributed by atoms with Crippen LogP contribution in [0.5, 0.6) is 23.0 Å². The summed E-state index contributed by atoms with van der Waals surface area (Å²) >= 11 is 1.21. The standard InChI is InChI=1S/C32H30N2O7S/c1-6-41-31(36)26-27(19-11-8-7-9-12-19)33-32-34(28(26)22-13-10-14-24(39-4)29(22)40-5)30(35)25(42-32)18-20-17-21(37-2)15-16-23(20)38-3/h7-18,28H,6H2,1-5H3. The topological polar surface area (TPSA) is 97.6 Å². The Hall–Kier alpha value is -4.83. The van der Waals surface area contributed by atoms with E-state index in [1.807, 2.05) is 36.4 Å². The molecule has 0 N–H and O–H groups in total. The highest BCUT2D eigenvalue weighted by atomic mass is 32.1. The molecule has 1 aliphatic heterocycles. The van der Waals surface area contributed by atoms with Crippen LogP contribution in [0.2, 0.25) is 0 Å². The fraction of sp³-hybridized carbons (Fsp3) is 0.219. The molecule has 1 aliphatic rings. The molecule has 1 aromatic heterocycles. The van der Waals surface area contributed by atoms with Crippen molar-refractivity contribution in [1.82, 2.24) is 4.57 Å². The zero-order valence-electron chi connectivity index (χ0n) is 23.9. The van der Waals surface area contributed by atoms with Crippen LogP contribution < -0.4 is 33.8 Å². The van der Waals surface area contributed by atoms with Gasteiger partial charge in [-0.3, -0.25) is 9.36 Å². The van der Waals surface area contributed by atoms with Crippen LogP contribution in [0.1, 0.15) is 29.7 Å². The molecule has 0 spiro atoms. The van der Waals surface area contributed by atoms with Gasteiger partial charge in [-0.25, -0.2) is 9.79 Å². The Bertz CT molecular complexity index is 1840. The molecule has 0 radical (unpaired) electrons. The zero-order valence-corrected chi connectivity index (χ0v) is 24.7. The van der Waals surface area contributed by atoms with Crippen LogP contribution in [0.4, 0.5) is 0 Å². The monoisotopic (exact) mass is 586 g/mol. The summed E-state index contributed by atoms with van der Waals surface area (Å²) in [5.41, 5.74) is 2.20. The van der Waals surface area contributed by atoms with Gasteiger partial charge >= 0.3 is 5.97 Å². The molecule has 5 rings (SSSR count). The first-order valence-corrected chi connectivity index (χ1v) is 14.0. The minimum atomic E-state index is -0.921. The van der Waals surface area contributed by atoms with Gasteiger partial charge in [0.15, 0.2) is 16.3 Å². The molecule has 0 aliphatic carbocycles. The largest absolute Gasteiger partial charge is 0.497 e. The zero-order chi connectivity index (χ0) is 29.8. The Morgan fingerprint density at radius 1 is 0.929 bits per heavy atom. The summed E-state index contributed by atoms with van der Waals surface area (Å²) in [7, 11) is 6.19. The average molecular weight is 587 g/mol. The van der Waals surface area contributed by atoms with E-state index in [1.165, 1.54) is 30.1 Å². The van der Waals surface area contributed by atoms with E-state index in [0.717, 1.165) is 0 Å². The second-order valence-electron chi connectivity index (χ2n) is 9.12. The first kappa shape index (κ1) is 28.7. The molecule has 0 fully saturated rings. The van der Waals surface area contributed by atoms with Gasteiger partial charge in [-0.15, -0.1) is 0 Å². The number of thiazole rings is 1. The number of carbonyl (C=O) groups is 1. The lowest BCUT2D eigenvalue weighted by Crippen LogP contribution is -2.40. The van der Waals surface area contributed by atoms with Crippen molar-refractivity contribution < 1.29 is 28.5 Å². The lowest BCUT2D eigenvalue weighted by atomic mass is 9.92. The third kappa shape index (κ3) is 5.16. The summed E-state index contributed by atoms with van der Waals surface area (Å²) in [5, 5.41) is 0. The second-order valence-corrected chi connectivity index (χ2v) is 10.1. The summed E-state index contributed by atoms with van der Waals surface area (Å²) in [6.07, 6.45) is 1.74. The van der Waals surface area contributed by atoms with Gasteiger partial charge in [0.2, 0.25) is 0 Å². The van der Waals surface area contributed by atoms with E-state index in [1.54, 1.807) is 57.6 Å². The van der Waals surface area contributed by atoms with Gasteiger partial charge < -0.3 is 23.7 Å². The summed E-state index contributed by atoms with van der Waals surface area (Å²) in [6, 6.07) is 19.1. The number of ether oxygens (including phenoxy) is 5.